The number of benzene rings is 1. The molecule has 5 aliphatic rings. The number of nitrogens with one attached hydrogen (secondary N) is 1. The van der Waals surface area contributed by atoms with Crippen LogP contribution in [0.25, 0.3) is 0 Å². The van der Waals surface area contributed by atoms with Crippen molar-refractivity contribution in [1.82, 2.24) is 15.1 Å². The van der Waals surface area contributed by atoms with Crippen LogP contribution in [0.4, 0.5) is 4.79 Å². The number of amides is 2. The minimum Gasteiger partial charge on any atom is -0.504 e. The van der Waals surface area contributed by atoms with Crippen molar-refractivity contribution in [3.63, 3.8) is 0 Å². The van der Waals surface area contributed by atoms with Gasteiger partial charge >= 0.3 is 6.09 Å². The van der Waals surface area contributed by atoms with Crippen molar-refractivity contribution in [3.8, 4) is 11.5 Å². The van der Waals surface area contributed by atoms with Crippen molar-refractivity contribution in [2.45, 2.75) is 93.9 Å². The molecular weight excluding hydrogens is 592 g/mol. The zero-order valence-electron chi connectivity index (χ0n) is 26.7. The SMILES string of the molecule is CC(=O)N[C@H](CCCN=C(N)N)C(=O)CCCN(C)C(=O)OC1=CC[C@@]2(O)C3Cc4ccc(O)c5c4[C@@]2(CCN3CC2CC2)[C@H]1O5. The first-order chi connectivity index (χ1) is 21.9. The van der Waals surface area contributed by atoms with E-state index in [9.17, 15) is 24.6 Å². The van der Waals surface area contributed by atoms with Gasteiger partial charge in [-0.15, -0.1) is 0 Å². The number of aliphatic imine (C=N–C) groups is 1. The topological polar surface area (TPSA) is 193 Å². The van der Waals surface area contributed by atoms with E-state index in [1.54, 1.807) is 19.2 Å². The van der Waals surface area contributed by atoms with Crippen molar-refractivity contribution < 1.29 is 34.1 Å². The summed E-state index contributed by atoms with van der Waals surface area (Å²) in [5, 5.41) is 26.1. The highest BCUT2D eigenvalue weighted by Crippen LogP contribution is 2.65. The molecule has 5 atom stereocenters. The van der Waals surface area contributed by atoms with Crippen molar-refractivity contribution in [2.75, 3.05) is 33.2 Å². The zero-order chi connectivity index (χ0) is 32.8. The Labute approximate surface area is 269 Å². The maximum absolute atomic E-state index is 13.3. The van der Waals surface area contributed by atoms with Gasteiger partial charge in [-0.05, 0) is 75.1 Å². The Balaban J connectivity index is 1.12. The summed E-state index contributed by atoms with van der Waals surface area (Å²) < 4.78 is 12.4. The minimum atomic E-state index is -1.13. The van der Waals surface area contributed by atoms with Crippen molar-refractivity contribution in [1.29, 1.82) is 0 Å². The average Bonchev–Trinajstić information content (AvgIpc) is 3.75. The predicted molar refractivity (Wildman–Crippen MR) is 169 cm³/mol. The van der Waals surface area contributed by atoms with E-state index in [2.05, 4.69) is 15.2 Å². The molecule has 1 unspecified atom stereocenters. The standard InChI is InChI=1S/C33H46N6O7/c1-19(40)37-22(5-3-14-36-30(34)35)23(41)6-4-15-38(2)31(43)45-25-11-12-33(44)26-17-21-9-10-24(42)28-27(21)32(33,29(25)46-28)13-16-39(26)18-20-7-8-20/h9-11,20,22,26,29,42,44H,3-8,12-18H2,1-2H3,(H,37,40)(H4,34,35,36)/t22-,26?,29+,32+,33-/m1/s1. The van der Waals surface area contributed by atoms with Gasteiger partial charge in [-0.25, -0.2) is 4.79 Å². The summed E-state index contributed by atoms with van der Waals surface area (Å²) in [5.74, 6) is 0.939. The molecule has 2 fully saturated rings. The van der Waals surface area contributed by atoms with Gasteiger partial charge in [0.25, 0.3) is 0 Å². The van der Waals surface area contributed by atoms with Gasteiger partial charge in [0.05, 0.1) is 17.1 Å². The minimum absolute atomic E-state index is 0.0185. The molecule has 1 aromatic carbocycles. The smallest absolute Gasteiger partial charge is 0.414 e. The van der Waals surface area contributed by atoms with Crippen LogP contribution in [0.15, 0.2) is 29.0 Å². The lowest BCUT2D eigenvalue weighted by Crippen LogP contribution is -2.75. The van der Waals surface area contributed by atoms with Crippen LogP contribution in [0.2, 0.25) is 0 Å². The van der Waals surface area contributed by atoms with E-state index in [0.717, 1.165) is 24.2 Å². The number of ketones is 1. The molecule has 13 heteroatoms. The number of carbonyl (C=O) groups is 3. The summed E-state index contributed by atoms with van der Waals surface area (Å²) in [4.78, 5) is 45.7. The van der Waals surface area contributed by atoms with E-state index in [1.165, 1.54) is 24.7 Å². The molecule has 3 aliphatic carbocycles. The molecule has 0 radical (unpaired) electrons. The number of rotatable bonds is 13. The molecule has 1 aromatic rings. The van der Waals surface area contributed by atoms with Gasteiger partial charge < -0.3 is 41.4 Å². The molecule has 46 heavy (non-hydrogen) atoms. The molecule has 7 N–H and O–H groups in total. The number of nitrogens with zero attached hydrogens (tertiary/aromatic N) is 3. The fourth-order valence-electron chi connectivity index (χ4n) is 8.16. The Morgan fingerprint density at radius 1 is 1.26 bits per heavy atom. The number of aromatic hydroxyl groups is 1. The molecule has 6 rings (SSSR count). The third-order valence-corrected chi connectivity index (χ3v) is 10.5. The monoisotopic (exact) mass is 638 g/mol. The van der Waals surface area contributed by atoms with E-state index in [4.69, 9.17) is 20.9 Å². The van der Waals surface area contributed by atoms with Gasteiger partial charge in [0, 0.05) is 58.1 Å². The zero-order valence-corrected chi connectivity index (χ0v) is 26.7. The first-order valence-corrected chi connectivity index (χ1v) is 16.4. The fraction of sp³-hybridized carbons (Fsp3) is 0.636. The van der Waals surface area contributed by atoms with Crippen LogP contribution in [-0.4, -0.2) is 101 Å². The van der Waals surface area contributed by atoms with Crippen LogP contribution in [-0.2, 0) is 26.2 Å². The van der Waals surface area contributed by atoms with E-state index in [-0.39, 0.29) is 42.4 Å². The van der Waals surface area contributed by atoms with Gasteiger partial charge in [0.1, 0.15) is 5.76 Å². The maximum atomic E-state index is 13.3. The van der Waals surface area contributed by atoms with Gasteiger partial charge in [-0.1, -0.05) is 6.07 Å². The molecule has 1 saturated carbocycles. The highest BCUT2D eigenvalue weighted by atomic mass is 16.6. The quantitative estimate of drug-likeness (QED) is 0.120. The van der Waals surface area contributed by atoms with E-state index < -0.39 is 29.3 Å². The first-order valence-electron chi connectivity index (χ1n) is 16.4. The molecule has 13 nitrogen and oxygen atoms in total. The highest BCUT2D eigenvalue weighted by Gasteiger charge is 2.72. The Morgan fingerprint density at radius 3 is 2.76 bits per heavy atom. The number of aliphatic hydroxyl groups is 1. The van der Waals surface area contributed by atoms with Crippen LogP contribution in [0.5, 0.6) is 11.5 Å². The number of carbonyl (C=O) groups excluding carboxylic acids is 3. The summed E-state index contributed by atoms with van der Waals surface area (Å²) in [6.07, 6.45) is 5.94. The lowest BCUT2D eigenvalue weighted by Gasteiger charge is -2.62. The highest BCUT2D eigenvalue weighted by molar-refractivity contribution is 5.88. The molecule has 0 aromatic heterocycles. The number of guanidine groups is 1. The largest absolute Gasteiger partial charge is 0.504 e. The third-order valence-electron chi connectivity index (χ3n) is 10.5. The average molecular weight is 639 g/mol. The number of phenolic OH excluding ortho intramolecular Hbond substituents is 1. The molecule has 2 aliphatic heterocycles. The second-order valence-corrected chi connectivity index (χ2v) is 13.6. The van der Waals surface area contributed by atoms with Gasteiger partial charge in [-0.3, -0.25) is 19.5 Å². The van der Waals surface area contributed by atoms with Crippen LogP contribution in [0, 0.1) is 5.92 Å². The second kappa shape index (κ2) is 12.4. The molecule has 250 valence electrons. The van der Waals surface area contributed by atoms with E-state index >= 15 is 0 Å². The Hall–Kier alpha value is -3.84. The van der Waals surface area contributed by atoms with Crippen LogP contribution in [0.1, 0.15) is 69.4 Å². The lowest BCUT2D eigenvalue weighted by atomic mass is 9.50. The van der Waals surface area contributed by atoms with Crippen molar-refractivity contribution in [3.05, 3.63) is 35.1 Å². The number of likely N-dealkylation sites (tertiary alicyclic amines) is 1. The number of piperidine rings is 1. The first kappa shape index (κ1) is 32.1. The third kappa shape index (κ3) is 5.68. The van der Waals surface area contributed by atoms with E-state index in [1.807, 2.05) is 6.07 Å². The molecule has 2 amide bonds. The van der Waals surface area contributed by atoms with Crippen molar-refractivity contribution in [2.24, 2.45) is 22.4 Å². The van der Waals surface area contributed by atoms with Crippen LogP contribution >= 0.6 is 0 Å². The Morgan fingerprint density at radius 2 is 2.04 bits per heavy atom. The molecular formula is C33H46N6O7. The van der Waals surface area contributed by atoms with Gasteiger partial charge in [-0.2, -0.15) is 0 Å². The summed E-state index contributed by atoms with van der Waals surface area (Å²) in [6, 6.07) is 2.83. The Kier molecular flexibility index (Phi) is 8.66. The lowest BCUT2D eigenvalue weighted by molar-refractivity contribution is -0.169. The number of hydrogen-bond donors (Lipinski definition) is 5. The van der Waals surface area contributed by atoms with Crippen LogP contribution in [0.3, 0.4) is 0 Å². The van der Waals surface area contributed by atoms with Gasteiger partial charge in [0.15, 0.2) is 29.3 Å². The number of ether oxygens (including phenoxy) is 2. The number of nitrogens with two attached hydrogens (primary N) is 2. The van der Waals surface area contributed by atoms with Crippen molar-refractivity contribution >= 4 is 23.7 Å². The number of Topliss-reactive ketones (excluding diaryl/α,β-unsaturated/α-hetero) is 1. The predicted octanol–water partition coefficient (Wildman–Crippen LogP) is 1.43. The second-order valence-electron chi connectivity index (χ2n) is 13.6. The fourth-order valence-corrected chi connectivity index (χ4v) is 8.16. The Bertz CT molecular complexity index is 1460. The molecule has 2 heterocycles. The maximum Gasteiger partial charge on any atom is 0.414 e. The normalized spacial score (nSPS) is 27.8. The summed E-state index contributed by atoms with van der Waals surface area (Å²) in [7, 11) is 1.60. The van der Waals surface area contributed by atoms with E-state index in [0.29, 0.717) is 62.5 Å². The number of hydrogen-bond acceptors (Lipinski definition) is 9. The molecule has 1 saturated heterocycles. The number of phenols is 1. The summed E-state index contributed by atoms with van der Waals surface area (Å²) in [5.41, 5.74) is 10.7. The molecule has 2 bridgehead atoms. The van der Waals surface area contributed by atoms with Gasteiger partial charge in [0.2, 0.25) is 5.91 Å². The molecule has 1 spiro atoms. The summed E-state index contributed by atoms with van der Waals surface area (Å²) in [6.45, 7) is 3.73. The van der Waals surface area contributed by atoms with Crippen LogP contribution < -0.4 is 21.5 Å². The summed E-state index contributed by atoms with van der Waals surface area (Å²) >= 11 is 0.